The number of carbonyl (C=O) groups excluding carboxylic acids is 2. The van der Waals surface area contributed by atoms with Crippen LogP contribution in [0.15, 0.2) is 60.0 Å². The molecule has 174 valence electrons. The molecule has 0 unspecified atom stereocenters. The molecular weight excluding hydrogens is 442 g/mol. The van der Waals surface area contributed by atoms with E-state index in [4.69, 9.17) is 9.47 Å². The summed E-state index contributed by atoms with van der Waals surface area (Å²) in [5.74, 6) is 0.493. The molecule has 0 aliphatic rings. The lowest BCUT2D eigenvalue weighted by Gasteiger charge is -2.09. The largest absolute Gasteiger partial charge is 0.497 e. The molecular formula is C23H27N5O4S. The summed E-state index contributed by atoms with van der Waals surface area (Å²) < 4.78 is 12.2. The summed E-state index contributed by atoms with van der Waals surface area (Å²) in [6.45, 7) is 3.73. The number of anilines is 1. The second kappa shape index (κ2) is 12.6. The molecule has 2 amide bonds. The Morgan fingerprint density at radius 3 is 2.73 bits per heavy atom. The van der Waals surface area contributed by atoms with Crippen LogP contribution in [0.2, 0.25) is 0 Å². The van der Waals surface area contributed by atoms with E-state index in [9.17, 15) is 9.59 Å². The maximum Gasteiger partial charge on any atom is 0.251 e. The van der Waals surface area contributed by atoms with Gasteiger partial charge in [-0.05, 0) is 55.8 Å². The highest BCUT2D eigenvalue weighted by molar-refractivity contribution is 7.99. The number of ether oxygens (including phenoxy) is 2. The number of aromatic nitrogens is 3. The molecule has 0 spiro atoms. The summed E-state index contributed by atoms with van der Waals surface area (Å²) in [4.78, 5) is 24.8. The highest BCUT2D eigenvalue weighted by Gasteiger charge is 2.12. The zero-order valence-corrected chi connectivity index (χ0v) is 19.4. The van der Waals surface area contributed by atoms with Gasteiger partial charge in [0.05, 0.1) is 12.9 Å². The fourth-order valence-corrected chi connectivity index (χ4v) is 3.66. The van der Waals surface area contributed by atoms with Crippen molar-refractivity contribution in [1.29, 1.82) is 0 Å². The zero-order valence-electron chi connectivity index (χ0n) is 18.6. The number of carbonyl (C=O) groups is 2. The first kappa shape index (κ1) is 24.3. The lowest BCUT2D eigenvalue weighted by atomic mass is 10.2. The van der Waals surface area contributed by atoms with Crippen molar-refractivity contribution in [3.8, 4) is 11.4 Å². The topological polar surface area (TPSA) is 107 Å². The van der Waals surface area contributed by atoms with Crippen LogP contribution in [-0.2, 0) is 9.53 Å². The second-order valence-corrected chi connectivity index (χ2v) is 7.85. The molecule has 0 saturated carbocycles. The van der Waals surface area contributed by atoms with Crippen LogP contribution in [0.25, 0.3) is 5.69 Å². The van der Waals surface area contributed by atoms with Crippen LogP contribution in [-0.4, -0.2) is 59.2 Å². The number of amides is 2. The molecule has 1 heterocycles. The molecule has 2 N–H and O–H groups in total. The summed E-state index contributed by atoms with van der Waals surface area (Å²) in [5.41, 5.74) is 1.90. The van der Waals surface area contributed by atoms with E-state index >= 15 is 0 Å². The van der Waals surface area contributed by atoms with Gasteiger partial charge in [-0.3, -0.25) is 14.2 Å². The molecule has 0 bridgehead atoms. The number of nitrogens with one attached hydrogen (secondary N) is 2. The fraction of sp³-hybridized carbons (Fsp3) is 0.304. The molecule has 10 heteroatoms. The summed E-state index contributed by atoms with van der Waals surface area (Å²) >= 11 is 1.27. The Kier molecular flexibility index (Phi) is 9.28. The lowest BCUT2D eigenvalue weighted by molar-refractivity contribution is -0.113. The zero-order chi connectivity index (χ0) is 23.5. The van der Waals surface area contributed by atoms with E-state index in [1.54, 1.807) is 42.3 Å². The van der Waals surface area contributed by atoms with Crippen molar-refractivity contribution in [2.24, 2.45) is 0 Å². The predicted octanol–water partition coefficient (Wildman–Crippen LogP) is 3.16. The van der Waals surface area contributed by atoms with Gasteiger partial charge in [-0.25, -0.2) is 0 Å². The Balaban J connectivity index is 1.52. The molecule has 0 aliphatic heterocycles. The van der Waals surface area contributed by atoms with Crippen LogP contribution in [0.3, 0.4) is 0 Å². The molecule has 9 nitrogen and oxygen atoms in total. The number of hydrogen-bond acceptors (Lipinski definition) is 7. The molecule has 0 saturated heterocycles. The van der Waals surface area contributed by atoms with Gasteiger partial charge in [-0.1, -0.05) is 17.8 Å². The highest BCUT2D eigenvalue weighted by atomic mass is 32.2. The van der Waals surface area contributed by atoms with Crippen molar-refractivity contribution in [2.75, 3.05) is 37.9 Å². The van der Waals surface area contributed by atoms with Gasteiger partial charge in [0.15, 0.2) is 5.16 Å². The molecule has 0 fully saturated rings. The third-order valence-electron chi connectivity index (χ3n) is 4.56. The van der Waals surface area contributed by atoms with Crippen LogP contribution >= 0.6 is 11.8 Å². The molecule has 2 aromatic carbocycles. The Hall–Kier alpha value is -3.37. The van der Waals surface area contributed by atoms with Crippen LogP contribution in [0.4, 0.5) is 5.69 Å². The number of hydrogen-bond donors (Lipinski definition) is 2. The first-order chi connectivity index (χ1) is 16.1. The van der Waals surface area contributed by atoms with E-state index in [1.165, 1.54) is 11.8 Å². The number of thioether (sulfide) groups is 1. The first-order valence-electron chi connectivity index (χ1n) is 10.5. The van der Waals surface area contributed by atoms with Gasteiger partial charge in [0.1, 0.15) is 12.1 Å². The Morgan fingerprint density at radius 2 is 1.97 bits per heavy atom. The molecule has 3 rings (SSSR count). The number of methoxy groups -OCH3 is 1. The van der Waals surface area contributed by atoms with Crippen LogP contribution in [0.1, 0.15) is 23.7 Å². The van der Waals surface area contributed by atoms with Gasteiger partial charge in [-0.2, -0.15) is 0 Å². The third-order valence-corrected chi connectivity index (χ3v) is 5.51. The summed E-state index contributed by atoms with van der Waals surface area (Å²) in [5, 5.41) is 14.3. The van der Waals surface area contributed by atoms with Crippen molar-refractivity contribution in [3.05, 3.63) is 60.4 Å². The van der Waals surface area contributed by atoms with Gasteiger partial charge in [0, 0.05) is 36.7 Å². The Morgan fingerprint density at radius 1 is 1.15 bits per heavy atom. The molecule has 33 heavy (non-hydrogen) atoms. The van der Waals surface area contributed by atoms with E-state index in [0.29, 0.717) is 36.2 Å². The smallest absolute Gasteiger partial charge is 0.251 e. The average Bonchev–Trinajstić information content (AvgIpc) is 3.31. The molecule has 0 atom stereocenters. The van der Waals surface area contributed by atoms with Gasteiger partial charge < -0.3 is 20.1 Å². The lowest BCUT2D eigenvalue weighted by Crippen LogP contribution is -2.25. The monoisotopic (exact) mass is 469 g/mol. The minimum absolute atomic E-state index is 0.142. The predicted molar refractivity (Wildman–Crippen MR) is 127 cm³/mol. The highest BCUT2D eigenvalue weighted by Crippen LogP contribution is 2.22. The van der Waals surface area contributed by atoms with Crippen molar-refractivity contribution < 1.29 is 19.1 Å². The Labute approximate surface area is 196 Å². The van der Waals surface area contributed by atoms with Crippen molar-refractivity contribution in [2.45, 2.75) is 18.5 Å². The van der Waals surface area contributed by atoms with Crippen molar-refractivity contribution in [1.82, 2.24) is 20.1 Å². The summed E-state index contributed by atoms with van der Waals surface area (Å²) in [6.07, 6.45) is 2.34. The van der Waals surface area contributed by atoms with Gasteiger partial charge >= 0.3 is 0 Å². The number of benzene rings is 2. The van der Waals surface area contributed by atoms with Crippen LogP contribution in [0.5, 0.6) is 5.75 Å². The summed E-state index contributed by atoms with van der Waals surface area (Å²) in [7, 11) is 1.61. The number of rotatable bonds is 12. The minimum atomic E-state index is -0.210. The van der Waals surface area contributed by atoms with E-state index in [2.05, 4.69) is 20.8 Å². The van der Waals surface area contributed by atoms with Crippen LogP contribution in [0, 0.1) is 0 Å². The molecule has 0 radical (unpaired) electrons. The van der Waals surface area contributed by atoms with E-state index in [-0.39, 0.29) is 17.6 Å². The van der Waals surface area contributed by atoms with Crippen molar-refractivity contribution in [3.63, 3.8) is 0 Å². The van der Waals surface area contributed by atoms with Crippen molar-refractivity contribution >= 4 is 29.3 Å². The minimum Gasteiger partial charge on any atom is -0.497 e. The molecule has 1 aromatic heterocycles. The molecule has 3 aromatic rings. The maximum atomic E-state index is 12.5. The average molecular weight is 470 g/mol. The standard InChI is InChI=1S/C23H27N5O4S/c1-3-32-13-5-12-24-22(30)17-6-4-7-18(14-17)26-21(29)15-33-23-27-25-16-28(23)19-8-10-20(31-2)11-9-19/h4,6-11,14,16H,3,5,12-13,15H2,1-2H3,(H,24,30)(H,26,29). The molecule has 0 aliphatic carbocycles. The Bertz CT molecular complexity index is 1060. The van der Waals surface area contributed by atoms with Gasteiger partial charge in [0.25, 0.3) is 5.91 Å². The third kappa shape index (κ3) is 7.33. The quantitative estimate of drug-likeness (QED) is 0.310. The first-order valence-corrected chi connectivity index (χ1v) is 11.5. The fourth-order valence-electron chi connectivity index (χ4n) is 2.93. The van der Waals surface area contributed by atoms with Gasteiger partial charge in [-0.15, -0.1) is 10.2 Å². The number of nitrogens with zero attached hydrogens (tertiary/aromatic N) is 3. The second-order valence-electron chi connectivity index (χ2n) is 6.91. The summed E-state index contributed by atoms with van der Waals surface area (Å²) in [6, 6.07) is 14.3. The van der Waals surface area contributed by atoms with E-state index in [0.717, 1.165) is 17.9 Å². The maximum absolute atomic E-state index is 12.5. The van der Waals surface area contributed by atoms with Gasteiger partial charge in [0.2, 0.25) is 5.91 Å². The normalized spacial score (nSPS) is 10.6. The van der Waals surface area contributed by atoms with E-state index < -0.39 is 0 Å². The SMILES string of the molecule is CCOCCCNC(=O)c1cccc(NC(=O)CSc2nncn2-c2ccc(OC)cc2)c1. The van der Waals surface area contributed by atoms with E-state index in [1.807, 2.05) is 31.2 Å². The van der Waals surface area contributed by atoms with Crippen LogP contribution < -0.4 is 15.4 Å².